The van der Waals surface area contributed by atoms with Gasteiger partial charge in [0.2, 0.25) is 5.91 Å². The van der Waals surface area contributed by atoms with Gasteiger partial charge in [-0.1, -0.05) is 23.7 Å². The highest BCUT2D eigenvalue weighted by Crippen LogP contribution is 2.19. The van der Waals surface area contributed by atoms with Crippen molar-refractivity contribution in [1.82, 2.24) is 5.32 Å². The molecule has 4 N–H and O–H groups in total. The topological polar surface area (TPSA) is 74.8 Å². The highest BCUT2D eigenvalue weighted by atomic mass is 35.5. The minimum atomic E-state index is -1.68. The van der Waals surface area contributed by atoms with Crippen molar-refractivity contribution in [3.05, 3.63) is 64.4 Å². The third kappa shape index (κ3) is 5.97. The second-order valence-electron chi connectivity index (χ2n) is 5.83. The molecule has 0 aromatic heterocycles. The van der Waals surface area contributed by atoms with E-state index in [9.17, 15) is 22.8 Å². The maximum Gasteiger partial charge on any atom is 0.275 e. The number of hydrogen-bond donors (Lipinski definition) is 3. The summed E-state index contributed by atoms with van der Waals surface area (Å²) in [5.74, 6) is -5.72. The molecule has 1 atom stereocenters. The van der Waals surface area contributed by atoms with Crippen LogP contribution in [0.1, 0.15) is 18.5 Å². The number of anilines is 1. The number of carbonyl (C=O) groups is 2. The van der Waals surface area contributed by atoms with Gasteiger partial charge in [-0.15, -0.1) is 0 Å². The van der Waals surface area contributed by atoms with Crippen LogP contribution in [0.15, 0.2) is 36.4 Å². The van der Waals surface area contributed by atoms with Crippen molar-refractivity contribution in [3.63, 3.8) is 0 Å². The summed E-state index contributed by atoms with van der Waals surface area (Å²) in [5.41, 5.74) is 0.441. The molecule has 0 aliphatic carbocycles. The number of carbonyl (C=O) groups excluding carboxylic acids is 2. The molecule has 0 saturated heterocycles. The zero-order valence-electron chi connectivity index (χ0n) is 14.4. The Morgan fingerprint density at radius 2 is 1.85 bits per heavy atom. The lowest BCUT2D eigenvalue weighted by molar-refractivity contribution is -0.682. The molecule has 0 fully saturated rings. The van der Waals surface area contributed by atoms with E-state index in [0.717, 1.165) is 11.6 Å². The predicted molar refractivity (Wildman–Crippen MR) is 94.6 cm³/mol. The first kappa shape index (κ1) is 20.7. The van der Waals surface area contributed by atoms with Gasteiger partial charge in [-0.05, 0) is 31.2 Å². The highest BCUT2D eigenvalue weighted by Gasteiger charge is 2.16. The molecule has 2 rings (SSSR count). The monoisotopic (exact) mass is 400 g/mol. The van der Waals surface area contributed by atoms with Crippen molar-refractivity contribution in [2.75, 3.05) is 18.4 Å². The Hall–Kier alpha value is -2.58. The molecule has 9 heteroatoms. The molecule has 27 heavy (non-hydrogen) atoms. The van der Waals surface area contributed by atoms with Crippen molar-refractivity contribution >= 4 is 29.1 Å². The molecule has 0 bridgehead atoms. The van der Waals surface area contributed by atoms with Gasteiger partial charge in [0.25, 0.3) is 5.91 Å². The quantitative estimate of drug-likeness (QED) is 0.623. The maximum atomic E-state index is 13.5. The summed E-state index contributed by atoms with van der Waals surface area (Å²) in [6.45, 7) is 1.52. The molecule has 144 valence electrons. The molecule has 0 aliphatic rings. The molecule has 2 aromatic carbocycles. The van der Waals surface area contributed by atoms with Gasteiger partial charge in [0, 0.05) is 10.6 Å². The fourth-order valence-corrected chi connectivity index (χ4v) is 2.48. The Bertz CT molecular complexity index is 849. The number of halogens is 4. The number of benzene rings is 2. The molecule has 0 radical (unpaired) electrons. The fourth-order valence-electron chi connectivity index (χ4n) is 2.28. The van der Waals surface area contributed by atoms with Crippen LogP contribution in [0.4, 0.5) is 18.9 Å². The number of nitrogens with two attached hydrogens (primary N) is 1. The molecule has 0 heterocycles. The van der Waals surface area contributed by atoms with E-state index >= 15 is 0 Å². The Morgan fingerprint density at radius 3 is 2.56 bits per heavy atom. The number of rotatable bonds is 7. The fraction of sp³-hybridized carbons (Fsp3) is 0.222. The summed E-state index contributed by atoms with van der Waals surface area (Å²) < 4.78 is 39.5. The van der Waals surface area contributed by atoms with Crippen LogP contribution >= 0.6 is 11.6 Å². The zero-order valence-corrected chi connectivity index (χ0v) is 15.1. The molecule has 0 aliphatic heterocycles. The second kappa shape index (κ2) is 9.38. The van der Waals surface area contributed by atoms with Crippen molar-refractivity contribution < 1.29 is 28.1 Å². The highest BCUT2D eigenvalue weighted by molar-refractivity contribution is 6.30. The predicted octanol–water partition coefficient (Wildman–Crippen LogP) is 2.14. The second-order valence-corrected chi connectivity index (χ2v) is 6.27. The van der Waals surface area contributed by atoms with E-state index in [2.05, 4.69) is 10.6 Å². The average Bonchev–Trinajstić information content (AvgIpc) is 2.65. The Morgan fingerprint density at radius 1 is 1.11 bits per heavy atom. The molecular formula is C18H18ClF3N3O2+. The Kier molecular flexibility index (Phi) is 7.20. The summed E-state index contributed by atoms with van der Waals surface area (Å²) in [4.78, 5) is 23.6. The largest absolute Gasteiger partial charge is 0.342 e. The smallest absolute Gasteiger partial charge is 0.275 e. The normalized spacial score (nSPS) is 11.7. The van der Waals surface area contributed by atoms with Gasteiger partial charge in [0.05, 0.1) is 12.2 Å². The van der Waals surface area contributed by atoms with Gasteiger partial charge in [-0.25, -0.2) is 13.2 Å². The van der Waals surface area contributed by atoms with E-state index in [1.165, 1.54) is 0 Å². The number of amides is 2. The first-order valence-corrected chi connectivity index (χ1v) is 8.44. The third-order valence-corrected chi connectivity index (χ3v) is 4.02. The molecule has 0 saturated carbocycles. The SMILES string of the molecule is C[C@H]([NH2+]CC(=O)NCC(=O)Nc1ccc(F)c(F)c1F)c1cccc(Cl)c1. The van der Waals surface area contributed by atoms with Gasteiger partial charge >= 0.3 is 0 Å². The number of nitrogens with one attached hydrogen (secondary N) is 2. The molecule has 5 nitrogen and oxygen atoms in total. The Balaban J connectivity index is 1.78. The van der Waals surface area contributed by atoms with Crippen molar-refractivity contribution in [2.45, 2.75) is 13.0 Å². The summed E-state index contributed by atoms with van der Waals surface area (Å²) in [5, 5.41) is 6.79. The van der Waals surface area contributed by atoms with Crippen LogP contribution in [0.3, 0.4) is 0 Å². The van der Waals surface area contributed by atoms with E-state index in [1.54, 1.807) is 17.4 Å². The standard InChI is InChI=1S/C18H17ClF3N3O2/c1-10(11-3-2-4-12(19)7-11)23-8-15(26)24-9-16(27)25-14-6-5-13(20)17(21)18(14)22/h2-7,10,23H,8-9H2,1H3,(H,24,26)(H,25,27)/p+1/t10-/m0/s1. The molecular weight excluding hydrogens is 383 g/mol. The van der Waals surface area contributed by atoms with Gasteiger partial charge in [0.1, 0.15) is 6.04 Å². The van der Waals surface area contributed by atoms with Crippen LogP contribution in [0.2, 0.25) is 5.02 Å². The molecule has 0 unspecified atom stereocenters. The van der Waals surface area contributed by atoms with E-state index in [-0.39, 0.29) is 12.6 Å². The van der Waals surface area contributed by atoms with E-state index in [1.807, 2.05) is 19.1 Å². The summed E-state index contributed by atoms with van der Waals surface area (Å²) in [7, 11) is 0. The lowest BCUT2D eigenvalue weighted by atomic mass is 10.1. The van der Waals surface area contributed by atoms with Gasteiger partial charge in [0.15, 0.2) is 24.0 Å². The van der Waals surface area contributed by atoms with Crippen molar-refractivity contribution in [1.29, 1.82) is 0 Å². The van der Waals surface area contributed by atoms with Crippen molar-refractivity contribution in [2.24, 2.45) is 0 Å². The Labute approximate surface area is 158 Å². The van der Waals surface area contributed by atoms with Gasteiger partial charge in [-0.3, -0.25) is 9.59 Å². The zero-order chi connectivity index (χ0) is 20.0. The first-order valence-electron chi connectivity index (χ1n) is 8.06. The molecule has 0 spiro atoms. The summed E-state index contributed by atoms with van der Waals surface area (Å²) >= 11 is 5.92. The molecule has 2 aromatic rings. The van der Waals surface area contributed by atoms with Gasteiger partial charge in [-0.2, -0.15) is 0 Å². The van der Waals surface area contributed by atoms with Crippen molar-refractivity contribution in [3.8, 4) is 0 Å². The van der Waals surface area contributed by atoms with E-state index in [4.69, 9.17) is 11.6 Å². The van der Waals surface area contributed by atoms with Crippen LogP contribution in [0.25, 0.3) is 0 Å². The molecule has 2 amide bonds. The lowest BCUT2D eigenvalue weighted by Gasteiger charge is -2.12. The van der Waals surface area contributed by atoms with Crippen LogP contribution in [-0.4, -0.2) is 24.9 Å². The number of quaternary nitrogens is 1. The number of hydrogen-bond acceptors (Lipinski definition) is 2. The van der Waals surface area contributed by atoms with Crippen LogP contribution in [0.5, 0.6) is 0 Å². The van der Waals surface area contributed by atoms with Crippen LogP contribution < -0.4 is 16.0 Å². The lowest BCUT2D eigenvalue weighted by Crippen LogP contribution is -2.87. The van der Waals surface area contributed by atoms with Crippen LogP contribution in [0, 0.1) is 17.5 Å². The first-order chi connectivity index (χ1) is 12.8. The van der Waals surface area contributed by atoms with Crippen LogP contribution in [-0.2, 0) is 9.59 Å². The van der Waals surface area contributed by atoms with E-state index in [0.29, 0.717) is 11.1 Å². The average molecular weight is 401 g/mol. The van der Waals surface area contributed by atoms with E-state index < -0.39 is 41.5 Å². The minimum Gasteiger partial charge on any atom is -0.342 e. The minimum absolute atomic E-state index is 0.0282. The maximum absolute atomic E-state index is 13.5. The third-order valence-electron chi connectivity index (χ3n) is 3.79. The summed E-state index contributed by atoms with van der Waals surface area (Å²) in [6.07, 6.45) is 0. The summed E-state index contributed by atoms with van der Waals surface area (Å²) in [6, 6.07) is 8.80. The van der Waals surface area contributed by atoms with Gasteiger partial charge < -0.3 is 16.0 Å².